The second-order valence-electron chi connectivity index (χ2n) is 8.43. The molecule has 0 aromatic rings. The number of hydrogen-bond donors (Lipinski definition) is 0. The molecule has 0 aromatic carbocycles. The van der Waals surface area contributed by atoms with Gasteiger partial charge in [-0.2, -0.15) is 0 Å². The molecule has 2 bridgehead atoms. The third-order valence-corrected chi connectivity index (χ3v) is 7.34. The zero-order valence-corrected chi connectivity index (χ0v) is 13.7. The molecule has 0 aromatic heterocycles. The maximum absolute atomic E-state index is 12.4. The van der Waals surface area contributed by atoms with Crippen LogP contribution in [0, 0.1) is 34.5 Å². The van der Waals surface area contributed by atoms with Crippen LogP contribution in [0.25, 0.3) is 0 Å². The van der Waals surface area contributed by atoms with E-state index in [2.05, 4.69) is 6.58 Å². The van der Waals surface area contributed by atoms with Gasteiger partial charge in [-0.1, -0.05) is 18.6 Å². The molecule has 6 atom stereocenters. The number of allylic oxidation sites excluding steroid dienone is 1. The number of rotatable bonds is 2. The Balaban J connectivity index is 1.72. The molecule has 4 fully saturated rings. The fourth-order valence-corrected chi connectivity index (χ4v) is 6.19. The van der Waals surface area contributed by atoms with Gasteiger partial charge in [-0.05, 0) is 63.2 Å². The summed E-state index contributed by atoms with van der Waals surface area (Å²) in [6, 6.07) is 0. The molecule has 4 heteroatoms. The molecule has 3 saturated carbocycles. The Bertz CT molecular complexity index is 608. The summed E-state index contributed by atoms with van der Waals surface area (Å²) in [6.07, 6.45) is 7.35. The first-order valence-corrected chi connectivity index (χ1v) is 8.81. The highest BCUT2D eigenvalue weighted by atomic mass is 16.6. The monoisotopic (exact) mass is 316 g/mol. The van der Waals surface area contributed by atoms with Gasteiger partial charge >= 0.3 is 11.9 Å². The normalized spacial score (nSPS) is 49.0. The van der Waals surface area contributed by atoms with Crippen LogP contribution in [0.2, 0.25) is 0 Å². The summed E-state index contributed by atoms with van der Waals surface area (Å²) in [5.41, 5.74) is 0.147. The van der Waals surface area contributed by atoms with E-state index < -0.39 is 5.41 Å². The Morgan fingerprint density at radius 2 is 2.04 bits per heavy atom. The lowest BCUT2D eigenvalue weighted by molar-refractivity contribution is -0.155. The van der Waals surface area contributed by atoms with E-state index in [-0.39, 0.29) is 35.1 Å². The summed E-state index contributed by atoms with van der Waals surface area (Å²) < 4.78 is 5.02. The third-order valence-electron chi connectivity index (χ3n) is 7.34. The lowest BCUT2D eigenvalue weighted by atomic mass is 9.53. The van der Waals surface area contributed by atoms with E-state index in [1.807, 2.05) is 6.92 Å². The highest BCUT2D eigenvalue weighted by Crippen LogP contribution is 2.62. The highest BCUT2D eigenvalue weighted by molar-refractivity contribution is 5.99. The predicted molar refractivity (Wildman–Crippen MR) is 83.1 cm³/mol. The van der Waals surface area contributed by atoms with Crippen molar-refractivity contribution in [2.75, 3.05) is 0 Å². The number of fused-ring (bicyclic) bond motifs is 3. The van der Waals surface area contributed by atoms with Crippen molar-refractivity contribution in [2.45, 2.75) is 51.9 Å². The fourth-order valence-electron chi connectivity index (χ4n) is 6.19. The summed E-state index contributed by atoms with van der Waals surface area (Å²) in [5.74, 6) is -0.355. The molecule has 23 heavy (non-hydrogen) atoms. The van der Waals surface area contributed by atoms with Gasteiger partial charge in [0.1, 0.15) is 6.29 Å². The van der Waals surface area contributed by atoms with E-state index in [1.54, 1.807) is 0 Å². The average molecular weight is 316 g/mol. The van der Waals surface area contributed by atoms with E-state index in [0.29, 0.717) is 5.92 Å². The van der Waals surface area contributed by atoms with Crippen molar-refractivity contribution in [1.29, 1.82) is 0 Å². The van der Waals surface area contributed by atoms with Crippen molar-refractivity contribution in [1.82, 2.24) is 0 Å². The first-order valence-electron chi connectivity index (χ1n) is 8.81. The number of esters is 2. The Kier molecular flexibility index (Phi) is 3.14. The van der Waals surface area contributed by atoms with Crippen LogP contribution in [0.3, 0.4) is 0 Å². The Labute approximate surface area is 136 Å². The lowest BCUT2D eigenvalue weighted by Crippen LogP contribution is -2.47. The molecule has 0 N–H and O–H groups in total. The second-order valence-corrected chi connectivity index (χ2v) is 8.43. The molecule has 0 amide bonds. The van der Waals surface area contributed by atoms with Crippen molar-refractivity contribution < 1.29 is 19.1 Å². The van der Waals surface area contributed by atoms with Crippen LogP contribution in [0.4, 0.5) is 0 Å². The lowest BCUT2D eigenvalue weighted by Gasteiger charge is -2.47. The van der Waals surface area contributed by atoms with E-state index in [0.717, 1.165) is 51.2 Å². The van der Waals surface area contributed by atoms with E-state index in [1.165, 1.54) is 5.57 Å². The highest BCUT2D eigenvalue weighted by Gasteiger charge is 2.63. The zero-order valence-electron chi connectivity index (χ0n) is 13.7. The van der Waals surface area contributed by atoms with Gasteiger partial charge in [0.2, 0.25) is 0 Å². The SMILES string of the molecule is C=C1C[C@]2(C=O)C[C@H]1CC[C@H]2[C@@H]1CCC[C@@]2(C)C(=O)OC(=O)[C@@H]12. The summed E-state index contributed by atoms with van der Waals surface area (Å²) >= 11 is 0. The summed E-state index contributed by atoms with van der Waals surface area (Å²) in [6.45, 7) is 6.05. The van der Waals surface area contributed by atoms with Crippen LogP contribution in [0.1, 0.15) is 51.9 Å². The van der Waals surface area contributed by atoms with Gasteiger partial charge in [0.25, 0.3) is 0 Å². The number of hydrogen-bond acceptors (Lipinski definition) is 4. The first-order chi connectivity index (χ1) is 10.9. The molecule has 0 radical (unpaired) electrons. The van der Waals surface area contributed by atoms with Gasteiger partial charge in [0.15, 0.2) is 0 Å². The molecular formula is C19H24O4. The van der Waals surface area contributed by atoms with Crippen LogP contribution >= 0.6 is 0 Å². The molecule has 124 valence electrons. The predicted octanol–water partition coefficient (Wildman–Crippen LogP) is 3.05. The molecular weight excluding hydrogens is 292 g/mol. The summed E-state index contributed by atoms with van der Waals surface area (Å²) in [4.78, 5) is 36.6. The first kappa shape index (κ1) is 15.1. The van der Waals surface area contributed by atoms with E-state index in [4.69, 9.17) is 4.74 Å². The smallest absolute Gasteiger partial charge is 0.320 e. The van der Waals surface area contributed by atoms with Crippen LogP contribution in [0.15, 0.2) is 12.2 Å². The summed E-state index contributed by atoms with van der Waals surface area (Å²) in [7, 11) is 0. The van der Waals surface area contributed by atoms with Gasteiger partial charge in [-0.15, -0.1) is 0 Å². The van der Waals surface area contributed by atoms with Crippen molar-refractivity contribution >= 4 is 18.2 Å². The van der Waals surface area contributed by atoms with Crippen molar-refractivity contribution in [3.05, 3.63) is 12.2 Å². The topological polar surface area (TPSA) is 60.4 Å². The Morgan fingerprint density at radius 1 is 1.26 bits per heavy atom. The molecule has 0 spiro atoms. The Morgan fingerprint density at radius 3 is 2.78 bits per heavy atom. The molecule has 4 aliphatic rings. The van der Waals surface area contributed by atoms with Gasteiger partial charge in [0.05, 0.1) is 11.3 Å². The van der Waals surface area contributed by atoms with Crippen molar-refractivity contribution in [3.8, 4) is 0 Å². The number of carbonyl (C=O) groups excluding carboxylic acids is 3. The minimum Gasteiger partial charge on any atom is -0.392 e. The van der Waals surface area contributed by atoms with Crippen molar-refractivity contribution in [2.24, 2.45) is 34.5 Å². The molecule has 3 aliphatic carbocycles. The number of cyclic esters (lactones) is 2. The van der Waals surface area contributed by atoms with Gasteiger partial charge < -0.3 is 9.53 Å². The molecule has 0 unspecified atom stereocenters. The molecule has 4 rings (SSSR count). The average Bonchev–Trinajstić information content (AvgIpc) is 2.91. The van der Waals surface area contributed by atoms with Gasteiger partial charge in [-0.25, -0.2) is 0 Å². The third kappa shape index (κ3) is 1.87. The maximum atomic E-state index is 12.4. The van der Waals surface area contributed by atoms with Crippen LogP contribution in [0.5, 0.6) is 0 Å². The minimum atomic E-state index is -0.684. The molecule has 1 saturated heterocycles. The summed E-state index contributed by atoms with van der Waals surface area (Å²) in [5, 5.41) is 0. The number of ether oxygens (including phenoxy) is 1. The van der Waals surface area contributed by atoms with Crippen molar-refractivity contribution in [3.63, 3.8) is 0 Å². The molecule has 1 aliphatic heterocycles. The molecule has 1 heterocycles. The fraction of sp³-hybridized carbons (Fsp3) is 0.737. The van der Waals surface area contributed by atoms with Gasteiger partial charge in [-0.3, -0.25) is 9.59 Å². The second kappa shape index (κ2) is 4.78. The van der Waals surface area contributed by atoms with Crippen LogP contribution in [-0.2, 0) is 19.1 Å². The number of aldehydes is 1. The minimum absolute atomic E-state index is 0.0877. The standard InChI is InChI=1S/C19H24O4/c1-11-8-19(10-20)9-12(11)5-6-14(19)13-4-3-7-18(2)15(13)16(21)23-17(18)22/h10,12-15H,1,3-9H2,2H3/t12-,13+,14+,15-,18-,19-/m1/s1. The zero-order chi connectivity index (χ0) is 16.4. The Hall–Kier alpha value is -1.45. The van der Waals surface area contributed by atoms with E-state index >= 15 is 0 Å². The van der Waals surface area contributed by atoms with Gasteiger partial charge in [0, 0.05) is 5.41 Å². The number of carbonyl (C=O) groups is 3. The maximum Gasteiger partial charge on any atom is 0.320 e. The van der Waals surface area contributed by atoms with E-state index in [9.17, 15) is 14.4 Å². The quantitative estimate of drug-likeness (QED) is 0.340. The van der Waals surface area contributed by atoms with Crippen LogP contribution in [-0.4, -0.2) is 18.2 Å². The largest absolute Gasteiger partial charge is 0.392 e. The molecule has 4 nitrogen and oxygen atoms in total. The van der Waals surface area contributed by atoms with Crippen LogP contribution < -0.4 is 0 Å².